The number of rotatable bonds is 10. The highest BCUT2D eigenvalue weighted by molar-refractivity contribution is 7.14. The number of carbonyl (C=O) groups excluding carboxylic acids is 1. The Balaban J connectivity index is 1.60. The molecule has 2 N–H and O–H groups in total. The number of unbranched alkanes of at least 4 members (excludes halogenated alkanes) is 3. The van der Waals surface area contributed by atoms with Gasteiger partial charge in [-0.05, 0) is 45.2 Å². The van der Waals surface area contributed by atoms with Crippen LogP contribution in [0.1, 0.15) is 79.4 Å². The molecule has 1 saturated heterocycles. The third-order valence-corrected chi connectivity index (χ3v) is 5.96. The normalized spacial score (nSPS) is 18.3. The van der Waals surface area contributed by atoms with Crippen LogP contribution in [0, 0.1) is 0 Å². The molecule has 0 radical (unpaired) electrons. The van der Waals surface area contributed by atoms with Crippen LogP contribution in [-0.4, -0.2) is 41.5 Å². The highest BCUT2D eigenvalue weighted by Crippen LogP contribution is 2.27. The summed E-state index contributed by atoms with van der Waals surface area (Å²) in [4.78, 5) is 20.6. The maximum absolute atomic E-state index is 12.6. The second-order valence-corrected chi connectivity index (χ2v) is 8.44. The Labute approximate surface area is 155 Å². The minimum atomic E-state index is 0.0564. The number of anilines is 1. The largest absolute Gasteiger partial charge is 0.369 e. The zero-order chi connectivity index (χ0) is 17.5. The molecule has 1 aliphatic carbocycles. The second-order valence-electron chi connectivity index (χ2n) is 7.36. The lowest BCUT2D eigenvalue weighted by Gasteiger charge is -2.25. The SMILES string of the molecule is CCCCCCNc1nc(CN2CCCCC2)sc1C(=O)NC1CC1. The molecule has 0 atom stereocenters. The van der Waals surface area contributed by atoms with E-state index in [9.17, 15) is 4.79 Å². The van der Waals surface area contributed by atoms with Crippen molar-refractivity contribution in [1.29, 1.82) is 0 Å². The van der Waals surface area contributed by atoms with Gasteiger partial charge in [0.15, 0.2) is 0 Å². The Hall–Kier alpha value is -1.14. The molecule has 1 aromatic rings. The van der Waals surface area contributed by atoms with E-state index in [-0.39, 0.29) is 5.91 Å². The summed E-state index contributed by atoms with van der Waals surface area (Å²) >= 11 is 1.57. The van der Waals surface area contributed by atoms with Crippen LogP contribution >= 0.6 is 11.3 Å². The van der Waals surface area contributed by atoms with E-state index in [2.05, 4.69) is 22.5 Å². The first-order valence-electron chi connectivity index (χ1n) is 10.0. The summed E-state index contributed by atoms with van der Waals surface area (Å²) in [5, 5.41) is 7.61. The standard InChI is InChI=1S/C19H32N4OS/c1-2-3-4-6-11-20-18-17(19(24)21-15-9-10-15)25-16(22-18)14-23-12-7-5-8-13-23/h15,20H,2-14H2,1H3,(H,21,24). The molecule has 0 unspecified atom stereocenters. The van der Waals surface area contributed by atoms with Gasteiger partial charge in [0.1, 0.15) is 15.7 Å². The Morgan fingerprint density at radius 1 is 1.20 bits per heavy atom. The van der Waals surface area contributed by atoms with Crippen LogP contribution in [0.15, 0.2) is 0 Å². The molecule has 25 heavy (non-hydrogen) atoms. The lowest BCUT2D eigenvalue weighted by atomic mass is 10.1. The third kappa shape index (κ3) is 5.96. The minimum Gasteiger partial charge on any atom is -0.369 e. The van der Waals surface area contributed by atoms with Crippen LogP contribution in [-0.2, 0) is 6.54 Å². The van der Waals surface area contributed by atoms with Gasteiger partial charge in [-0.2, -0.15) is 0 Å². The maximum atomic E-state index is 12.6. The number of aromatic nitrogens is 1. The molecule has 0 spiro atoms. The maximum Gasteiger partial charge on any atom is 0.265 e. The van der Waals surface area contributed by atoms with Crippen LogP contribution in [0.3, 0.4) is 0 Å². The first-order valence-corrected chi connectivity index (χ1v) is 10.8. The fourth-order valence-electron chi connectivity index (χ4n) is 3.25. The number of nitrogens with one attached hydrogen (secondary N) is 2. The van der Waals surface area contributed by atoms with Gasteiger partial charge in [-0.25, -0.2) is 4.98 Å². The van der Waals surface area contributed by atoms with E-state index >= 15 is 0 Å². The number of piperidine rings is 1. The molecule has 0 bridgehead atoms. The van der Waals surface area contributed by atoms with Crippen LogP contribution in [0.2, 0.25) is 0 Å². The lowest BCUT2D eigenvalue weighted by Crippen LogP contribution is -2.29. The summed E-state index contributed by atoms with van der Waals surface area (Å²) in [6.07, 6.45) is 11.0. The number of carbonyl (C=O) groups is 1. The molecule has 1 amide bonds. The van der Waals surface area contributed by atoms with Crippen molar-refractivity contribution < 1.29 is 4.79 Å². The van der Waals surface area contributed by atoms with Crippen LogP contribution in [0.4, 0.5) is 5.82 Å². The van der Waals surface area contributed by atoms with Gasteiger partial charge in [-0.1, -0.05) is 32.6 Å². The topological polar surface area (TPSA) is 57.3 Å². The van der Waals surface area contributed by atoms with Crippen LogP contribution < -0.4 is 10.6 Å². The van der Waals surface area contributed by atoms with Gasteiger partial charge in [0.25, 0.3) is 5.91 Å². The van der Waals surface area contributed by atoms with Gasteiger partial charge in [-0.3, -0.25) is 9.69 Å². The average Bonchev–Trinajstić information content (AvgIpc) is 3.34. The van der Waals surface area contributed by atoms with Crippen LogP contribution in [0.5, 0.6) is 0 Å². The quantitative estimate of drug-likeness (QED) is 0.616. The summed E-state index contributed by atoms with van der Waals surface area (Å²) in [5.41, 5.74) is 0. The summed E-state index contributed by atoms with van der Waals surface area (Å²) in [6, 6.07) is 0.387. The van der Waals surface area contributed by atoms with E-state index in [1.807, 2.05) is 0 Å². The molecular weight excluding hydrogens is 332 g/mol. The Bertz CT molecular complexity index is 550. The predicted molar refractivity (Wildman–Crippen MR) is 104 cm³/mol. The van der Waals surface area contributed by atoms with E-state index in [1.54, 1.807) is 11.3 Å². The zero-order valence-corrected chi connectivity index (χ0v) is 16.3. The van der Waals surface area contributed by atoms with Gasteiger partial charge in [-0.15, -0.1) is 11.3 Å². The second kappa shape index (κ2) is 9.53. The highest BCUT2D eigenvalue weighted by Gasteiger charge is 2.27. The molecule has 1 aliphatic heterocycles. The average molecular weight is 365 g/mol. The summed E-state index contributed by atoms with van der Waals surface area (Å²) < 4.78 is 0. The molecule has 6 heteroatoms. The van der Waals surface area contributed by atoms with E-state index in [0.717, 1.165) is 61.1 Å². The van der Waals surface area contributed by atoms with Crippen LogP contribution in [0.25, 0.3) is 0 Å². The van der Waals surface area contributed by atoms with Gasteiger partial charge in [0.05, 0.1) is 6.54 Å². The molecule has 1 saturated carbocycles. The summed E-state index contributed by atoms with van der Waals surface area (Å²) in [7, 11) is 0. The molecule has 3 rings (SSSR count). The first-order chi connectivity index (χ1) is 12.3. The molecule has 2 heterocycles. The number of hydrogen-bond donors (Lipinski definition) is 2. The third-order valence-electron chi connectivity index (χ3n) is 4.92. The Kier molecular flexibility index (Phi) is 7.11. The zero-order valence-electron chi connectivity index (χ0n) is 15.5. The number of likely N-dealkylation sites (tertiary alicyclic amines) is 1. The molecule has 5 nitrogen and oxygen atoms in total. The van der Waals surface area contributed by atoms with Gasteiger partial charge >= 0.3 is 0 Å². The monoisotopic (exact) mass is 364 g/mol. The van der Waals surface area contributed by atoms with Crippen molar-refractivity contribution >= 4 is 23.1 Å². The molecule has 1 aromatic heterocycles. The number of amides is 1. The molecule has 140 valence electrons. The molecule has 0 aromatic carbocycles. The number of thiazole rings is 1. The van der Waals surface area contributed by atoms with E-state index in [1.165, 1.54) is 38.5 Å². The molecule has 2 aliphatic rings. The van der Waals surface area contributed by atoms with E-state index < -0.39 is 0 Å². The highest BCUT2D eigenvalue weighted by atomic mass is 32.1. The Morgan fingerprint density at radius 3 is 2.72 bits per heavy atom. The predicted octanol–water partition coefficient (Wildman–Crippen LogP) is 4.01. The van der Waals surface area contributed by atoms with E-state index in [4.69, 9.17) is 4.98 Å². The summed E-state index contributed by atoms with van der Waals surface area (Å²) in [5.74, 6) is 0.854. The smallest absolute Gasteiger partial charge is 0.265 e. The fraction of sp³-hybridized carbons (Fsp3) is 0.789. The minimum absolute atomic E-state index is 0.0564. The molecule has 2 fully saturated rings. The number of hydrogen-bond acceptors (Lipinski definition) is 5. The van der Waals surface area contributed by atoms with E-state index in [0.29, 0.717) is 6.04 Å². The lowest BCUT2D eigenvalue weighted by molar-refractivity contribution is 0.0955. The van der Waals surface area contributed by atoms with Crippen molar-refractivity contribution in [2.75, 3.05) is 25.0 Å². The van der Waals surface area contributed by atoms with Crippen molar-refractivity contribution in [2.24, 2.45) is 0 Å². The van der Waals surface area contributed by atoms with Crippen molar-refractivity contribution in [3.63, 3.8) is 0 Å². The molecular formula is C19H32N4OS. The van der Waals surface area contributed by atoms with Crippen molar-refractivity contribution in [2.45, 2.75) is 77.3 Å². The Morgan fingerprint density at radius 2 is 2.00 bits per heavy atom. The van der Waals surface area contributed by atoms with Gasteiger partial charge < -0.3 is 10.6 Å². The number of nitrogens with zero attached hydrogens (tertiary/aromatic N) is 2. The van der Waals surface area contributed by atoms with Gasteiger partial charge in [0.2, 0.25) is 0 Å². The first kappa shape index (κ1) is 18.6. The fourth-order valence-corrected chi connectivity index (χ4v) is 4.24. The van der Waals surface area contributed by atoms with Crippen molar-refractivity contribution in [3.05, 3.63) is 9.88 Å². The van der Waals surface area contributed by atoms with Crippen molar-refractivity contribution in [3.8, 4) is 0 Å². The summed E-state index contributed by atoms with van der Waals surface area (Å²) in [6.45, 7) is 6.31. The van der Waals surface area contributed by atoms with Crippen molar-refractivity contribution in [1.82, 2.24) is 15.2 Å². The van der Waals surface area contributed by atoms with Gasteiger partial charge in [0, 0.05) is 12.6 Å².